The third-order valence-corrected chi connectivity index (χ3v) is 6.15. The fraction of sp³-hybridized carbons (Fsp3) is 0.286. The van der Waals surface area contributed by atoms with Gasteiger partial charge in [0.1, 0.15) is 5.82 Å². The van der Waals surface area contributed by atoms with Crippen molar-refractivity contribution in [3.63, 3.8) is 0 Å². The number of carbonyl (C=O) groups excluding carboxylic acids is 1. The first kappa shape index (κ1) is 20.8. The van der Waals surface area contributed by atoms with Gasteiger partial charge in [0.05, 0.1) is 29.2 Å². The van der Waals surface area contributed by atoms with Gasteiger partial charge in [-0.15, -0.1) is 10.2 Å². The Morgan fingerprint density at radius 3 is 2.57 bits per heavy atom. The summed E-state index contributed by atoms with van der Waals surface area (Å²) in [7, 11) is 0. The zero-order chi connectivity index (χ0) is 21.1. The molecule has 0 saturated carbocycles. The Bertz CT molecular complexity index is 1050. The number of carbonyl (C=O) groups is 1. The molecule has 1 amide bonds. The lowest BCUT2D eigenvalue weighted by Gasteiger charge is -2.28. The van der Waals surface area contributed by atoms with Crippen LogP contribution < -0.4 is 0 Å². The molecule has 1 aliphatic heterocycles. The Morgan fingerprint density at radius 2 is 1.83 bits per heavy atom. The normalized spacial score (nSPS) is 15.2. The van der Waals surface area contributed by atoms with Crippen LogP contribution in [0.2, 0.25) is 5.02 Å². The van der Waals surface area contributed by atoms with E-state index < -0.39 is 11.1 Å². The van der Waals surface area contributed by atoms with Gasteiger partial charge in [0.2, 0.25) is 5.91 Å². The van der Waals surface area contributed by atoms with Crippen LogP contribution in [0.25, 0.3) is 17.1 Å². The maximum Gasteiger partial charge on any atom is 0.236 e. The van der Waals surface area contributed by atoms with E-state index in [1.165, 1.54) is 17.8 Å². The molecular formula is C21H20ClFN4O2S. The SMILES string of the molecule is CC(Sc1nnc(-c2ccccc2Cl)n1-c1ccccc1F)C(=O)N1CCOCC1. The van der Waals surface area contributed by atoms with Crippen LogP contribution in [-0.4, -0.2) is 57.1 Å². The van der Waals surface area contributed by atoms with Crippen molar-refractivity contribution in [2.75, 3.05) is 26.3 Å². The van der Waals surface area contributed by atoms with Crippen molar-refractivity contribution in [1.82, 2.24) is 19.7 Å². The minimum Gasteiger partial charge on any atom is -0.378 e. The summed E-state index contributed by atoms with van der Waals surface area (Å²) in [4.78, 5) is 14.6. The van der Waals surface area contributed by atoms with Gasteiger partial charge < -0.3 is 9.64 Å². The van der Waals surface area contributed by atoms with Crippen molar-refractivity contribution in [2.45, 2.75) is 17.3 Å². The second-order valence-electron chi connectivity index (χ2n) is 6.77. The average Bonchev–Trinajstić information content (AvgIpc) is 3.17. The third-order valence-electron chi connectivity index (χ3n) is 4.79. The number of aromatic nitrogens is 3. The summed E-state index contributed by atoms with van der Waals surface area (Å²) >= 11 is 7.62. The van der Waals surface area contributed by atoms with Gasteiger partial charge >= 0.3 is 0 Å². The first-order valence-electron chi connectivity index (χ1n) is 9.54. The number of rotatable bonds is 5. The number of halogens is 2. The maximum absolute atomic E-state index is 14.7. The molecule has 1 atom stereocenters. The van der Waals surface area contributed by atoms with E-state index in [2.05, 4.69) is 10.2 Å². The molecule has 2 heterocycles. The number of para-hydroxylation sites is 1. The summed E-state index contributed by atoms with van der Waals surface area (Å²) in [5.74, 6) is -0.00971. The second-order valence-corrected chi connectivity index (χ2v) is 8.49. The van der Waals surface area contributed by atoms with Crippen molar-refractivity contribution < 1.29 is 13.9 Å². The number of nitrogens with zero attached hydrogens (tertiary/aromatic N) is 4. The second kappa shape index (κ2) is 9.16. The van der Waals surface area contributed by atoms with Gasteiger partial charge in [-0.25, -0.2) is 4.39 Å². The lowest BCUT2D eigenvalue weighted by atomic mass is 10.2. The molecule has 4 rings (SSSR count). The van der Waals surface area contributed by atoms with Gasteiger partial charge in [0.25, 0.3) is 0 Å². The van der Waals surface area contributed by atoms with Crippen LogP contribution in [0.3, 0.4) is 0 Å². The first-order valence-corrected chi connectivity index (χ1v) is 10.8. The Labute approximate surface area is 183 Å². The summed E-state index contributed by atoms with van der Waals surface area (Å²) in [5, 5.41) is 9.04. The van der Waals surface area contributed by atoms with Crippen molar-refractivity contribution in [3.8, 4) is 17.1 Å². The highest BCUT2D eigenvalue weighted by Gasteiger charge is 2.27. The van der Waals surface area contributed by atoms with Crippen LogP contribution in [-0.2, 0) is 9.53 Å². The Hall–Kier alpha value is -2.42. The molecule has 0 aliphatic carbocycles. The number of morpholine rings is 1. The average molecular weight is 447 g/mol. The highest BCUT2D eigenvalue weighted by Crippen LogP contribution is 2.34. The molecule has 6 nitrogen and oxygen atoms in total. The van der Waals surface area contributed by atoms with Crippen LogP contribution in [0.15, 0.2) is 53.7 Å². The predicted molar refractivity (Wildman–Crippen MR) is 114 cm³/mol. The maximum atomic E-state index is 14.7. The van der Waals surface area contributed by atoms with Gasteiger partial charge in [-0.3, -0.25) is 9.36 Å². The molecule has 0 N–H and O–H groups in total. The lowest BCUT2D eigenvalue weighted by molar-refractivity contribution is -0.134. The zero-order valence-corrected chi connectivity index (χ0v) is 17.9. The monoisotopic (exact) mass is 446 g/mol. The summed E-state index contributed by atoms with van der Waals surface area (Å²) in [6.45, 7) is 4.01. The summed E-state index contributed by atoms with van der Waals surface area (Å²) in [6, 6.07) is 13.6. The quantitative estimate of drug-likeness (QED) is 0.553. The Balaban J connectivity index is 1.72. The standard InChI is InChI=1S/C21H20ClFN4O2S/c1-14(20(28)26-10-12-29-13-11-26)30-21-25-24-19(15-6-2-3-7-16(15)22)27(21)18-9-5-4-8-17(18)23/h2-9,14H,10-13H2,1H3. The van der Waals surface area contributed by atoms with E-state index in [0.29, 0.717) is 53.6 Å². The largest absolute Gasteiger partial charge is 0.378 e. The van der Waals surface area contributed by atoms with E-state index in [1.54, 1.807) is 39.8 Å². The molecule has 1 aliphatic rings. The van der Waals surface area contributed by atoms with Gasteiger partial charge in [0, 0.05) is 18.7 Å². The van der Waals surface area contributed by atoms with E-state index in [4.69, 9.17) is 16.3 Å². The van der Waals surface area contributed by atoms with Crippen molar-refractivity contribution >= 4 is 29.3 Å². The van der Waals surface area contributed by atoms with Crippen LogP contribution >= 0.6 is 23.4 Å². The van der Waals surface area contributed by atoms with Crippen LogP contribution in [0.5, 0.6) is 0 Å². The molecule has 1 saturated heterocycles. The summed E-state index contributed by atoms with van der Waals surface area (Å²) in [6.07, 6.45) is 0. The third kappa shape index (κ3) is 4.21. The van der Waals surface area contributed by atoms with Gasteiger partial charge in [0.15, 0.2) is 11.0 Å². The molecule has 0 radical (unpaired) electrons. The number of hydrogen-bond donors (Lipinski definition) is 0. The molecule has 0 spiro atoms. The number of benzene rings is 2. The molecule has 1 aromatic heterocycles. The van der Waals surface area contributed by atoms with E-state index >= 15 is 0 Å². The minimum atomic E-state index is -0.420. The van der Waals surface area contributed by atoms with Crippen LogP contribution in [0.1, 0.15) is 6.92 Å². The fourth-order valence-corrected chi connectivity index (χ4v) is 4.43. The van der Waals surface area contributed by atoms with Gasteiger partial charge in [-0.1, -0.05) is 47.6 Å². The van der Waals surface area contributed by atoms with E-state index in [1.807, 2.05) is 19.1 Å². The topological polar surface area (TPSA) is 60.2 Å². The van der Waals surface area contributed by atoms with Crippen molar-refractivity contribution in [2.24, 2.45) is 0 Å². The molecule has 9 heteroatoms. The van der Waals surface area contributed by atoms with Crippen LogP contribution in [0.4, 0.5) is 4.39 Å². The molecule has 3 aromatic rings. The number of ether oxygens (including phenoxy) is 1. The first-order chi connectivity index (χ1) is 14.6. The number of hydrogen-bond acceptors (Lipinski definition) is 5. The Morgan fingerprint density at radius 1 is 1.13 bits per heavy atom. The van der Waals surface area contributed by atoms with E-state index in [0.717, 1.165) is 0 Å². The number of amides is 1. The van der Waals surface area contributed by atoms with Gasteiger partial charge in [-0.05, 0) is 31.2 Å². The van der Waals surface area contributed by atoms with Crippen molar-refractivity contribution in [1.29, 1.82) is 0 Å². The highest BCUT2D eigenvalue weighted by atomic mass is 35.5. The smallest absolute Gasteiger partial charge is 0.236 e. The van der Waals surface area contributed by atoms with E-state index in [-0.39, 0.29) is 5.91 Å². The fourth-order valence-electron chi connectivity index (χ4n) is 3.26. The molecule has 0 bridgehead atoms. The summed E-state index contributed by atoms with van der Waals surface area (Å²) in [5.41, 5.74) is 0.930. The predicted octanol–water partition coefficient (Wildman–Crippen LogP) is 4.07. The number of thioether (sulfide) groups is 1. The molecule has 156 valence electrons. The highest BCUT2D eigenvalue weighted by molar-refractivity contribution is 8.00. The minimum absolute atomic E-state index is 0.00863. The zero-order valence-electron chi connectivity index (χ0n) is 16.3. The molecule has 30 heavy (non-hydrogen) atoms. The Kier molecular flexibility index (Phi) is 6.36. The molecular weight excluding hydrogens is 427 g/mol. The summed E-state index contributed by atoms with van der Waals surface area (Å²) < 4.78 is 21.6. The van der Waals surface area contributed by atoms with Gasteiger partial charge in [-0.2, -0.15) is 0 Å². The lowest BCUT2D eigenvalue weighted by Crippen LogP contribution is -2.44. The molecule has 2 aromatic carbocycles. The molecule has 1 fully saturated rings. The van der Waals surface area contributed by atoms with Crippen LogP contribution in [0, 0.1) is 5.82 Å². The van der Waals surface area contributed by atoms with Crippen molar-refractivity contribution in [3.05, 3.63) is 59.4 Å². The molecule has 1 unspecified atom stereocenters. The van der Waals surface area contributed by atoms with E-state index in [9.17, 15) is 9.18 Å².